The number of non-ortho nitro benzene ring substituents is 1. The van der Waals surface area contributed by atoms with E-state index in [-0.39, 0.29) is 136 Å². The molecule has 0 amide bonds. The van der Waals surface area contributed by atoms with Gasteiger partial charge in [0.2, 0.25) is 0 Å². The molecule has 1 atom stereocenters. The summed E-state index contributed by atoms with van der Waals surface area (Å²) in [6.45, 7) is 13.3. The summed E-state index contributed by atoms with van der Waals surface area (Å²) in [6, 6.07) is 5.23. The van der Waals surface area contributed by atoms with Crippen LogP contribution in [0.2, 0.25) is 0 Å². The van der Waals surface area contributed by atoms with E-state index >= 15 is 0 Å². The van der Waals surface area contributed by atoms with Crippen molar-refractivity contribution >= 4 is 44.8 Å². The van der Waals surface area contributed by atoms with E-state index in [1.54, 1.807) is 77.3 Å². The molecule has 1 aromatic carbocycles. The van der Waals surface area contributed by atoms with Crippen molar-refractivity contribution in [2.24, 2.45) is 0 Å². The summed E-state index contributed by atoms with van der Waals surface area (Å²) >= 11 is 0. The van der Waals surface area contributed by atoms with Crippen molar-refractivity contribution in [2.45, 2.75) is 67.9 Å². The van der Waals surface area contributed by atoms with Crippen LogP contribution in [0.5, 0.6) is 0 Å². The van der Waals surface area contributed by atoms with Gasteiger partial charge in [0.15, 0.2) is 0 Å². The Labute approximate surface area is 366 Å². The van der Waals surface area contributed by atoms with Gasteiger partial charge in [0.05, 0.1) is 84.0 Å². The molecular formula is C39H69N5O16P2. The average molecular weight is 926 g/mol. The first kappa shape index (κ1) is 56.7. The minimum Gasteiger partial charge on any atom is -0.465 e. The third kappa shape index (κ3) is 23.4. The number of benzene rings is 1. The standard InChI is InChI=1S/C39H69N5O16P2/c1-9-53-36(45)27-40(28-37(46)54-10-2)21-22-42(31-61(51,57-13-5)58-14-6)26-35(25-33-17-19-34(20-18-33)44(49)50)43(32-62(52,59-15-7)60-16-8)24-23-41(29-38(47)55-11-3)30-39(48)56-12-4/h17-20,35H,9-16,21-32H2,1-8H3. The zero-order valence-electron chi connectivity index (χ0n) is 37.7. The molecule has 0 aliphatic carbocycles. The van der Waals surface area contributed by atoms with Crippen LogP contribution in [0.4, 0.5) is 5.69 Å². The second-order valence-electron chi connectivity index (χ2n) is 13.5. The van der Waals surface area contributed by atoms with Gasteiger partial charge in [-0.2, -0.15) is 0 Å². The van der Waals surface area contributed by atoms with Gasteiger partial charge in [0, 0.05) is 50.9 Å². The molecule has 1 unspecified atom stereocenters. The predicted octanol–water partition coefficient (Wildman–Crippen LogP) is 4.41. The van der Waals surface area contributed by atoms with Crippen LogP contribution in [0.25, 0.3) is 0 Å². The highest BCUT2D eigenvalue weighted by atomic mass is 31.2. The van der Waals surface area contributed by atoms with Gasteiger partial charge in [-0.3, -0.25) is 58.0 Å². The van der Waals surface area contributed by atoms with Crippen LogP contribution in [0.3, 0.4) is 0 Å². The molecule has 0 heterocycles. The molecule has 62 heavy (non-hydrogen) atoms. The topological polar surface area (TPSA) is 232 Å². The molecule has 0 N–H and O–H groups in total. The number of nitrogens with zero attached hydrogens (tertiary/aromatic N) is 5. The van der Waals surface area contributed by atoms with Crippen LogP contribution in [-0.4, -0.2) is 179 Å². The average Bonchev–Trinajstić information content (AvgIpc) is 3.19. The summed E-state index contributed by atoms with van der Waals surface area (Å²) in [5.74, 6) is -2.30. The van der Waals surface area contributed by atoms with E-state index < -0.39 is 50.0 Å². The first-order valence-corrected chi connectivity index (χ1v) is 24.5. The number of nitro benzene ring substituents is 1. The van der Waals surface area contributed by atoms with Crippen LogP contribution in [0, 0.1) is 10.1 Å². The zero-order chi connectivity index (χ0) is 46.6. The largest absolute Gasteiger partial charge is 0.465 e. The number of nitro groups is 1. The third-order valence-electron chi connectivity index (χ3n) is 8.70. The van der Waals surface area contributed by atoms with Gasteiger partial charge in [-0.15, -0.1) is 0 Å². The van der Waals surface area contributed by atoms with Crippen molar-refractivity contribution in [1.82, 2.24) is 19.6 Å². The molecule has 0 radical (unpaired) electrons. The molecule has 0 aliphatic heterocycles. The summed E-state index contributed by atoms with van der Waals surface area (Å²) in [5, 5.41) is 11.6. The van der Waals surface area contributed by atoms with Crippen LogP contribution >= 0.6 is 15.2 Å². The molecule has 23 heteroatoms. The van der Waals surface area contributed by atoms with Crippen LogP contribution in [-0.2, 0) is 71.8 Å². The third-order valence-corrected chi connectivity index (χ3v) is 12.8. The Morgan fingerprint density at radius 3 is 1.26 bits per heavy atom. The Hall–Kier alpha value is -3.36. The van der Waals surface area contributed by atoms with E-state index in [9.17, 15) is 38.4 Å². The van der Waals surface area contributed by atoms with Crippen molar-refractivity contribution < 1.29 is 70.3 Å². The van der Waals surface area contributed by atoms with E-state index in [4.69, 9.17) is 37.0 Å². The monoisotopic (exact) mass is 925 g/mol. The number of carbonyl (C=O) groups is 4. The summed E-state index contributed by atoms with van der Waals surface area (Å²) in [7, 11) is -7.69. The zero-order valence-corrected chi connectivity index (χ0v) is 39.5. The van der Waals surface area contributed by atoms with Crippen molar-refractivity contribution in [1.29, 1.82) is 0 Å². The van der Waals surface area contributed by atoms with Gasteiger partial charge in [-0.1, -0.05) is 12.1 Å². The summed E-state index contributed by atoms with van der Waals surface area (Å²) in [6.07, 6.45) is -0.358. The highest BCUT2D eigenvalue weighted by molar-refractivity contribution is 7.54. The molecule has 0 saturated carbocycles. The lowest BCUT2D eigenvalue weighted by Gasteiger charge is -2.39. The minimum absolute atomic E-state index is 0.0434. The molecule has 0 bridgehead atoms. The highest BCUT2D eigenvalue weighted by Gasteiger charge is 2.35. The van der Waals surface area contributed by atoms with Gasteiger partial charge in [0.25, 0.3) is 5.69 Å². The van der Waals surface area contributed by atoms with Gasteiger partial charge in [-0.05, 0) is 67.4 Å². The van der Waals surface area contributed by atoms with Crippen molar-refractivity contribution in [3.8, 4) is 0 Å². The molecular weight excluding hydrogens is 856 g/mol. The number of rotatable bonds is 36. The summed E-state index contributed by atoms with van der Waals surface area (Å²) in [5.41, 5.74) is 0.513. The van der Waals surface area contributed by atoms with Gasteiger partial charge >= 0.3 is 39.1 Å². The maximum atomic E-state index is 14.4. The number of carbonyl (C=O) groups excluding carboxylic acids is 4. The Bertz CT molecular complexity index is 1530. The maximum absolute atomic E-state index is 14.4. The molecule has 0 spiro atoms. The number of hydrogen-bond acceptors (Lipinski definition) is 20. The van der Waals surface area contributed by atoms with Crippen molar-refractivity contribution in [3.63, 3.8) is 0 Å². The number of esters is 4. The second kappa shape index (κ2) is 31.5. The van der Waals surface area contributed by atoms with E-state index in [2.05, 4.69) is 0 Å². The van der Waals surface area contributed by atoms with Gasteiger partial charge < -0.3 is 37.0 Å². The van der Waals surface area contributed by atoms with Crippen LogP contribution in [0.1, 0.15) is 61.0 Å². The minimum atomic E-state index is -3.87. The molecule has 0 aliphatic rings. The summed E-state index contributed by atoms with van der Waals surface area (Å²) < 4.78 is 72.2. The first-order valence-electron chi connectivity index (χ1n) is 21.1. The normalized spacial score (nSPS) is 12.5. The Morgan fingerprint density at radius 1 is 0.548 bits per heavy atom. The SMILES string of the molecule is CCOC(=O)CN(CCN(CC(Cc1ccc([N+](=O)[O-])cc1)N(CCN(CC(=O)OCC)CC(=O)OCC)CP(=O)(OCC)OCC)CP(=O)(OCC)OCC)CC(=O)OCC. The van der Waals surface area contributed by atoms with E-state index in [0.29, 0.717) is 5.56 Å². The molecule has 1 rings (SSSR count). The van der Waals surface area contributed by atoms with Crippen molar-refractivity contribution in [2.75, 3.05) is 124 Å². The van der Waals surface area contributed by atoms with E-state index in [0.717, 1.165) is 0 Å². The Balaban J connectivity index is 4.00. The lowest BCUT2D eigenvalue weighted by Crippen LogP contribution is -2.51. The number of ether oxygens (including phenoxy) is 4. The fourth-order valence-corrected chi connectivity index (χ4v) is 9.86. The van der Waals surface area contributed by atoms with Gasteiger partial charge in [0.1, 0.15) is 12.6 Å². The van der Waals surface area contributed by atoms with E-state index in [1.165, 1.54) is 17.0 Å². The van der Waals surface area contributed by atoms with Crippen LogP contribution in [0.15, 0.2) is 24.3 Å². The quantitative estimate of drug-likeness (QED) is 0.0298. The molecule has 0 saturated heterocycles. The Kier molecular flexibility index (Phi) is 28.8. The fourth-order valence-electron chi connectivity index (χ4n) is 6.25. The number of hydrogen-bond donors (Lipinski definition) is 0. The molecule has 21 nitrogen and oxygen atoms in total. The molecule has 1 aromatic rings. The smallest absolute Gasteiger partial charge is 0.344 e. The molecule has 0 fully saturated rings. The van der Waals surface area contributed by atoms with Crippen LogP contribution < -0.4 is 0 Å². The van der Waals surface area contributed by atoms with Crippen molar-refractivity contribution in [3.05, 3.63) is 39.9 Å². The highest BCUT2D eigenvalue weighted by Crippen LogP contribution is 2.50. The first-order chi connectivity index (χ1) is 29.5. The maximum Gasteiger partial charge on any atom is 0.344 e. The summed E-state index contributed by atoms with van der Waals surface area (Å²) in [4.78, 5) is 68.5. The predicted molar refractivity (Wildman–Crippen MR) is 230 cm³/mol. The van der Waals surface area contributed by atoms with E-state index in [1.807, 2.05) is 4.90 Å². The van der Waals surface area contributed by atoms with Gasteiger partial charge in [-0.25, -0.2) is 0 Å². The lowest BCUT2D eigenvalue weighted by molar-refractivity contribution is -0.384. The molecule has 0 aromatic heterocycles. The lowest BCUT2D eigenvalue weighted by atomic mass is 10.0. The Morgan fingerprint density at radius 2 is 0.903 bits per heavy atom. The molecule has 356 valence electrons. The second-order valence-corrected chi connectivity index (χ2v) is 17.5. The fraction of sp³-hybridized carbons (Fsp3) is 0.744.